The standard InChI is InChI=1S/C16H28N4O3/c1-5-14-10-19(6-7-20(14)9-12(3)21)13(4)16(22)17-15-8-11(2)18-23-15/h8,12-14,21H,5-7,9-10H2,1-4H3,(H,17,22). The molecule has 1 amide bonds. The molecule has 1 aliphatic rings. The van der Waals surface area contributed by atoms with Crippen molar-refractivity contribution in [3.63, 3.8) is 0 Å². The van der Waals surface area contributed by atoms with Gasteiger partial charge in [-0.2, -0.15) is 0 Å². The summed E-state index contributed by atoms with van der Waals surface area (Å²) in [5, 5.41) is 16.2. The zero-order valence-electron chi connectivity index (χ0n) is 14.5. The molecule has 0 radical (unpaired) electrons. The zero-order valence-corrected chi connectivity index (χ0v) is 14.5. The lowest BCUT2D eigenvalue weighted by atomic mass is 10.1. The molecule has 1 aliphatic heterocycles. The van der Waals surface area contributed by atoms with Crippen LogP contribution in [0.25, 0.3) is 0 Å². The minimum atomic E-state index is -0.328. The molecular weight excluding hydrogens is 296 g/mol. The number of aliphatic hydroxyl groups is 1. The van der Waals surface area contributed by atoms with Crippen molar-refractivity contribution in [2.24, 2.45) is 0 Å². The summed E-state index contributed by atoms with van der Waals surface area (Å²) < 4.78 is 5.04. The first-order valence-electron chi connectivity index (χ1n) is 8.31. The topological polar surface area (TPSA) is 81.8 Å². The molecular formula is C16H28N4O3. The Morgan fingerprint density at radius 1 is 1.52 bits per heavy atom. The number of amides is 1. The Labute approximate surface area is 137 Å². The van der Waals surface area contributed by atoms with Crippen LogP contribution in [0.3, 0.4) is 0 Å². The Morgan fingerprint density at radius 3 is 2.83 bits per heavy atom. The third-order valence-corrected chi connectivity index (χ3v) is 4.41. The fourth-order valence-electron chi connectivity index (χ4n) is 3.05. The van der Waals surface area contributed by atoms with Crippen molar-refractivity contribution in [1.82, 2.24) is 15.0 Å². The lowest BCUT2D eigenvalue weighted by molar-refractivity contribution is -0.122. The van der Waals surface area contributed by atoms with Crippen LogP contribution in [0.2, 0.25) is 0 Å². The molecule has 23 heavy (non-hydrogen) atoms. The van der Waals surface area contributed by atoms with E-state index in [1.807, 2.05) is 20.8 Å². The molecule has 1 saturated heterocycles. The smallest absolute Gasteiger partial charge is 0.243 e. The largest absolute Gasteiger partial charge is 0.392 e. The molecule has 1 aromatic heterocycles. The van der Waals surface area contributed by atoms with Gasteiger partial charge in [0.2, 0.25) is 11.8 Å². The molecule has 2 heterocycles. The van der Waals surface area contributed by atoms with E-state index >= 15 is 0 Å². The van der Waals surface area contributed by atoms with Gasteiger partial charge in [0.15, 0.2) is 0 Å². The van der Waals surface area contributed by atoms with E-state index in [0.717, 1.165) is 31.7 Å². The Kier molecular flexibility index (Phi) is 6.15. The summed E-state index contributed by atoms with van der Waals surface area (Å²) in [6.07, 6.45) is 0.671. The number of nitrogens with one attached hydrogen (secondary N) is 1. The van der Waals surface area contributed by atoms with Gasteiger partial charge in [-0.25, -0.2) is 0 Å². The van der Waals surface area contributed by atoms with E-state index in [2.05, 4.69) is 27.2 Å². The van der Waals surface area contributed by atoms with Crippen molar-refractivity contribution in [2.45, 2.75) is 52.3 Å². The first kappa shape index (κ1) is 17.9. The van der Waals surface area contributed by atoms with Gasteiger partial charge in [-0.05, 0) is 27.2 Å². The highest BCUT2D eigenvalue weighted by atomic mass is 16.5. The van der Waals surface area contributed by atoms with Crippen molar-refractivity contribution in [1.29, 1.82) is 0 Å². The summed E-state index contributed by atoms with van der Waals surface area (Å²) in [7, 11) is 0. The van der Waals surface area contributed by atoms with Crippen LogP contribution in [0.5, 0.6) is 0 Å². The first-order valence-corrected chi connectivity index (χ1v) is 8.31. The van der Waals surface area contributed by atoms with Crippen LogP contribution in [-0.2, 0) is 4.79 Å². The molecule has 130 valence electrons. The summed E-state index contributed by atoms with van der Waals surface area (Å²) in [4.78, 5) is 16.9. The van der Waals surface area contributed by atoms with Crippen molar-refractivity contribution < 1.29 is 14.4 Å². The van der Waals surface area contributed by atoms with Gasteiger partial charge in [-0.3, -0.25) is 19.9 Å². The van der Waals surface area contributed by atoms with Gasteiger partial charge in [0.25, 0.3) is 0 Å². The van der Waals surface area contributed by atoms with Crippen LogP contribution in [0.4, 0.5) is 5.88 Å². The van der Waals surface area contributed by atoms with Crippen LogP contribution >= 0.6 is 0 Å². The van der Waals surface area contributed by atoms with Crippen LogP contribution < -0.4 is 5.32 Å². The molecule has 0 aromatic carbocycles. The van der Waals surface area contributed by atoms with E-state index in [4.69, 9.17) is 4.52 Å². The van der Waals surface area contributed by atoms with E-state index in [-0.39, 0.29) is 18.1 Å². The van der Waals surface area contributed by atoms with E-state index in [1.54, 1.807) is 6.07 Å². The molecule has 1 aromatic rings. The molecule has 7 nitrogen and oxygen atoms in total. The zero-order chi connectivity index (χ0) is 17.0. The summed E-state index contributed by atoms with van der Waals surface area (Å²) in [5.41, 5.74) is 0.741. The minimum absolute atomic E-state index is 0.0834. The molecule has 0 bridgehead atoms. The second-order valence-corrected chi connectivity index (χ2v) is 6.40. The van der Waals surface area contributed by atoms with Gasteiger partial charge in [0.05, 0.1) is 17.8 Å². The van der Waals surface area contributed by atoms with Crippen LogP contribution in [-0.4, -0.2) is 70.3 Å². The molecule has 3 atom stereocenters. The number of aromatic nitrogens is 1. The third-order valence-electron chi connectivity index (χ3n) is 4.41. The fourth-order valence-corrected chi connectivity index (χ4v) is 3.05. The highest BCUT2D eigenvalue weighted by Crippen LogP contribution is 2.17. The number of aryl methyl sites for hydroxylation is 1. The summed E-state index contributed by atoms with van der Waals surface area (Å²) in [5.74, 6) is 0.305. The lowest BCUT2D eigenvalue weighted by Gasteiger charge is -2.43. The minimum Gasteiger partial charge on any atom is -0.392 e. The number of piperazine rings is 1. The fraction of sp³-hybridized carbons (Fsp3) is 0.750. The molecule has 0 aliphatic carbocycles. The Hall–Kier alpha value is -1.44. The number of hydrogen-bond acceptors (Lipinski definition) is 6. The van der Waals surface area contributed by atoms with Crippen LogP contribution in [0.15, 0.2) is 10.6 Å². The number of anilines is 1. The molecule has 1 fully saturated rings. The number of carbonyl (C=O) groups is 1. The molecule has 2 rings (SSSR count). The first-order chi connectivity index (χ1) is 10.9. The number of carbonyl (C=O) groups excluding carboxylic acids is 1. The number of nitrogens with zero attached hydrogens (tertiary/aromatic N) is 3. The van der Waals surface area contributed by atoms with Crippen LogP contribution in [0, 0.1) is 6.92 Å². The van der Waals surface area contributed by atoms with E-state index in [0.29, 0.717) is 18.5 Å². The monoisotopic (exact) mass is 324 g/mol. The Balaban J connectivity index is 1.92. The van der Waals surface area contributed by atoms with Crippen molar-refractivity contribution in [3.05, 3.63) is 11.8 Å². The number of aliphatic hydroxyl groups excluding tert-OH is 1. The van der Waals surface area contributed by atoms with E-state index in [1.165, 1.54) is 0 Å². The van der Waals surface area contributed by atoms with Gasteiger partial charge in [-0.15, -0.1) is 0 Å². The van der Waals surface area contributed by atoms with Crippen molar-refractivity contribution in [3.8, 4) is 0 Å². The van der Waals surface area contributed by atoms with Crippen LogP contribution in [0.1, 0.15) is 32.9 Å². The summed E-state index contributed by atoms with van der Waals surface area (Å²) in [6.45, 7) is 10.9. The van der Waals surface area contributed by atoms with E-state index in [9.17, 15) is 9.90 Å². The normalized spacial score (nSPS) is 22.7. The van der Waals surface area contributed by atoms with Crippen molar-refractivity contribution in [2.75, 3.05) is 31.5 Å². The predicted molar refractivity (Wildman–Crippen MR) is 88.2 cm³/mol. The predicted octanol–water partition coefficient (Wildman–Crippen LogP) is 1.09. The van der Waals surface area contributed by atoms with Gasteiger partial charge in [0, 0.05) is 38.3 Å². The van der Waals surface area contributed by atoms with Crippen molar-refractivity contribution >= 4 is 11.8 Å². The van der Waals surface area contributed by atoms with Gasteiger partial charge >= 0.3 is 0 Å². The van der Waals surface area contributed by atoms with Gasteiger partial charge in [-0.1, -0.05) is 12.1 Å². The maximum absolute atomic E-state index is 12.4. The second kappa shape index (κ2) is 7.90. The maximum Gasteiger partial charge on any atom is 0.243 e. The number of hydrogen-bond donors (Lipinski definition) is 2. The van der Waals surface area contributed by atoms with E-state index < -0.39 is 0 Å². The molecule has 0 spiro atoms. The van der Waals surface area contributed by atoms with Gasteiger partial charge in [0.1, 0.15) is 0 Å². The third kappa shape index (κ3) is 4.76. The summed E-state index contributed by atoms with van der Waals surface area (Å²) in [6, 6.07) is 1.84. The van der Waals surface area contributed by atoms with Gasteiger partial charge < -0.3 is 9.63 Å². The average Bonchev–Trinajstić information content (AvgIpc) is 2.91. The highest BCUT2D eigenvalue weighted by Gasteiger charge is 2.31. The number of β-amino-alcohol motifs (C(OH)–C–C–N with tert-alkyl or cyclic N) is 1. The maximum atomic E-state index is 12.4. The molecule has 0 saturated carbocycles. The second-order valence-electron chi connectivity index (χ2n) is 6.40. The molecule has 2 N–H and O–H groups in total. The molecule has 7 heteroatoms. The quantitative estimate of drug-likeness (QED) is 0.815. The Morgan fingerprint density at radius 2 is 2.26 bits per heavy atom. The Bertz CT molecular complexity index is 517. The number of rotatable bonds is 6. The SMILES string of the molecule is CCC1CN(C(C)C(=O)Nc2cc(C)no2)CCN1CC(C)O. The summed E-state index contributed by atoms with van der Waals surface area (Å²) >= 11 is 0. The highest BCUT2D eigenvalue weighted by molar-refractivity contribution is 5.93. The molecule has 3 unspecified atom stereocenters. The average molecular weight is 324 g/mol. The lowest BCUT2D eigenvalue weighted by Crippen LogP contribution is -2.58.